The fourth-order valence-corrected chi connectivity index (χ4v) is 4.86. The summed E-state index contributed by atoms with van der Waals surface area (Å²) in [6.45, 7) is 6.22. The first-order chi connectivity index (χ1) is 22.6. The van der Waals surface area contributed by atoms with Gasteiger partial charge in [-0.05, 0) is 103 Å². The number of ketones is 1. The van der Waals surface area contributed by atoms with Gasteiger partial charge in [-0.3, -0.25) is 33.8 Å². The third kappa shape index (κ3) is 30.4. The molecule has 0 saturated carbocycles. The van der Waals surface area contributed by atoms with Crippen molar-refractivity contribution in [3.05, 3.63) is 0 Å². The number of nitrogens with one attached hydrogen (secondary N) is 4. The summed E-state index contributed by atoms with van der Waals surface area (Å²) < 4.78 is 0. The van der Waals surface area contributed by atoms with Gasteiger partial charge in [0.25, 0.3) is 0 Å². The van der Waals surface area contributed by atoms with Gasteiger partial charge in [-0.15, -0.1) is 0 Å². The first-order valence-electron chi connectivity index (χ1n) is 17.0. The molecule has 0 bridgehead atoms. The largest absolute Gasteiger partial charge is 0.481 e. The van der Waals surface area contributed by atoms with Gasteiger partial charge < -0.3 is 48.1 Å². The minimum Gasteiger partial charge on any atom is -0.481 e. The molecule has 1 unspecified atom stereocenters. The Morgan fingerprint density at radius 1 is 0.553 bits per heavy atom. The summed E-state index contributed by atoms with van der Waals surface area (Å²) in [5.74, 6) is -4.12. The average molecular weight is 675 g/mol. The zero-order chi connectivity index (χ0) is 35.1. The van der Waals surface area contributed by atoms with E-state index < -0.39 is 23.8 Å². The van der Waals surface area contributed by atoms with E-state index in [0.29, 0.717) is 26.2 Å². The van der Waals surface area contributed by atoms with E-state index in [1.165, 1.54) is 4.90 Å². The minimum atomic E-state index is -1.10. The van der Waals surface area contributed by atoms with Crippen LogP contribution in [-0.4, -0.2) is 153 Å². The van der Waals surface area contributed by atoms with Crippen LogP contribution >= 0.6 is 0 Å². The van der Waals surface area contributed by atoms with Gasteiger partial charge in [0.05, 0.1) is 19.6 Å². The minimum absolute atomic E-state index is 0.00131. The summed E-state index contributed by atoms with van der Waals surface area (Å²) >= 11 is 0. The van der Waals surface area contributed by atoms with E-state index in [4.69, 9.17) is 11.5 Å². The van der Waals surface area contributed by atoms with Crippen LogP contribution in [0.3, 0.4) is 0 Å². The number of hydrogen-bond acceptors (Lipinski definition) is 12. The molecule has 0 aromatic carbocycles. The number of carbonyl (C=O) groups excluding carboxylic acids is 2. The smallest absolute Gasteiger partial charge is 0.317 e. The Kier molecular flexibility index (Phi) is 28.8. The monoisotopic (exact) mass is 674 g/mol. The van der Waals surface area contributed by atoms with Crippen molar-refractivity contribution >= 4 is 29.6 Å². The fourth-order valence-electron chi connectivity index (χ4n) is 4.86. The number of carboxylic acid groups (broad SMARTS) is 3. The molecule has 47 heavy (non-hydrogen) atoms. The van der Waals surface area contributed by atoms with Crippen LogP contribution in [0.25, 0.3) is 0 Å². The number of Topliss-reactive ketones (excluding diaryl/α,β-unsaturated/α-hetero) is 1. The Labute approximate surface area is 279 Å². The summed E-state index contributed by atoms with van der Waals surface area (Å²) in [4.78, 5) is 62.6. The van der Waals surface area contributed by atoms with E-state index in [1.54, 1.807) is 4.90 Å². The zero-order valence-corrected chi connectivity index (χ0v) is 28.2. The quantitative estimate of drug-likeness (QED) is 0.0356. The number of carbonyl (C=O) groups is 5. The lowest BCUT2D eigenvalue weighted by Gasteiger charge is -2.26. The van der Waals surface area contributed by atoms with E-state index in [-0.39, 0.29) is 76.6 Å². The van der Waals surface area contributed by atoms with Crippen molar-refractivity contribution in [2.45, 2.75) is 64.2 Å². The number of carboxylic acids is 3. The normalized spacial score (nSPS) is 12.0. The predicted molar refractivity (Wildman–Crippen MR) is 180 cm³/mol. The number of nitrogens with zero attached hydrogens (tertiary/aromatic N) is 2. The Hall–Kier alpha value is -2.73. The Balaban J connectivity index is 4.72. The first-order valence-corrected chi connectivity index (χ1v) is 17.0. The molecule has 16 heteroatoms. The standard InChI is InChI=1S/C31H62N8O8/c32-9-5-14-34-11-1-2-13-36-17-7-27(40)23-39(25-31(46)47)20-19-38(24-30(44)45)18-8-26(22-29(42)43)21-28(41)37-16-4-3-12-35-15-6-10-33/h26,34-36H,1-25,32-33H2,(H,37,41)(H,42,43)(H,44,45)(H,46,47). The van der Waals surface area contributed by atoms with Crippen molar-refractivity contribution in [3.63, 3.8) is 0 Å². The second kappa shape index (κ2) is 30.6. The highest BCUT2D eigenvalue weighted by Crippen LogP contribution is 2.15. The van der Waals surface area contributed by atoms with Crippen LogP contribution in [0.1, 0.15) is 64.2 Å². The van der Waals surface area contributed by atoms with Gasteiger partial charge in [-0.2, -0.15) is 0 Å². The van der Waals surface area contributed by atoms with E-state index in [9.17, 15) is 39.3 Å². The second-order valence-electron chi connectivity index (χ2n) is 11.8. The van der Waals surface area contributed by atoms with Crippen LogP contribution < -0.4 is 32.7 Å². The summed E-state index contributed by atoms with van der Waals surface area (Å²) in [5.41, 5.74) is 10.9. The van der Waals surface area contributed by atoms with E-state index >= 15 is 0 Å². The van der Waals surface area contributed by atoms with Gasteiger partial charge in [-0.1, -0.05) is 0 Å². The molecular weight excluding hydrogens is 612 g/mol. The highest BCUT2D eigenvalue weighted by molar-refractivity contribution is 5.81. The predicted octanol–water partition coefficient (Wildman–Crippen LogP) is -1.27. The average Bonchev–Trinajstić information content (AvgIpc) is 2.99. The maximum Gasteiger partial charge on any atom is 0.317 e. The Morgan fingerprint density at radius 3 is 1.57 bits per heavy atom. The van der Waals surface area contributed by atoms with Gasteiger partial charge in [-0.25, -0.2) is 0 Å². The number of rotatable bonds is 35. The SMILES string of the molecule is NCCCNCCCCNCCC(=O)CN(CCN(CCC(CC(=O)O)CC(=O)NCCCCNCCCN)CC(=O)O)CC(=O)O. The van der Waals surface area contributed by atoms with Crippen LogP contribution in [0.2, 0.25) is 0 Å². The molecule has 0 aliphatic heterocycles. The lowest BCUT2D eigenvalue weighted by molar-refractivity contribution is -0.140. The second-order valence-corrected chi connectivity index (χ2v) is 11.8. The summed E-state index contributed by atoms with van der Waals surface area (Å²) in [5, 5.41) is 40.8. The molecule has 274 valence electrons. The molecule has 1 amide bonds. The van der Waals surface area contributed by atoms with Gasteiger partial charge >= 0.3 is 17.9 Å². The topological polar surface area (TPSA) is 253 Å². The molecule has 0 aliphatic rings. The lowest BCUT2D eigenvalue weighted by Crippen LogP contribution is -2.42. The molecule has 16 nitrogen and oxygen atoms in total. The molecule has 0 fully saturated rings. The van der Waals surface area contributed by atoms with Crippen LogP contribution in [0.15, 0.2) is 0 Å². The lowest BCUT2D eigenvalue weighted by atomic mass is 9.96. The van der Waals surface area contributed by atoms with Crippen molar-refractivity contribution in [1.82, 2.24) is 31.1 Å². The van der Waals surface area contributed by atoms with Crippen molar-refractivity contribution in [2.24, 2.45) is 17.4 Å². The third-order valence-electron chi connectivity index (χ3n) is 7.40. The summed E-state index contributed by atoms with van der Waals surface area (Å²) in [7, 11) is 0. The van der Waals surface area contributed by atoms with Crippen molar-refractivity contribution in [1.29, 1.82) is 0 Å². The van der Waals surface area contributed by atoms with Crippen molar-refractivity contribution in [3.8, 4) is 0 Å². The molecule has 1 atom stereocenters. The molecule has 0 radical (unpaired) electrons. The van der Waals surface area contributed by atoms with Crippen LogP contribution in [0, 0.1) is 5.92 Å². The maximum atomic E-state index is 12.6. The van der Waals surface area contributed by atoms with Gasteiger partial charge in [0.15, 0.2) is 0 Å². The molecule has 0 spiro atoms. The van der Waals surface area contributed by atoms with Gasteiger partial charge in [0.1, 0.15) is 5.78 Å². The van der Waals surface area contributed by atoms with E-state index in [2.05, 4.69) is 21.3 Å². The molecule has 11 N–H and O–H groups in total. The van der Waals surface area contributed by atoms with Crippen LogP contribution in [0.4, 0.5) is 0 Å². The number of hydrogen-bond donors (Lipinski definition) is 9. The Bertz CT molecular complexity index is 867. The summed E-state index contributed by atoms with van der Waals surface area (Å²) in [6, 6.07) is 0. The van der Waals surface area contributed by atoms with E-state index in [0.717, 1.165) is 71.2 Å². The number of nitrogens with two attached hydrogens (primary N) is 2. The molecule has 0 aliphatic carbocycles. The maximum absolute atomic E-state index is 12.6. The van der Waals surface area contributed by atoms with Gasteiger partial charge in [0.2, 0.25) is 5.91 Å². The molecular formula is C31H62N8O8. The number of amides is 1. The molecule has 0 aromatic heterocycles. The van der Waals surface area contributed by atoms with Crippen LogP contribution in [0.5, 0.6) is 0 Å². The van der Waals surface area contributed by atoms with Crippen LogP contribution in [-0.2, 0) is 24.0 Å². The molecule has 0 heterocycles. The fraction of sp³-hybridized carbons (Fsp3) is 0.839. The first kappa shape index (κ1) is 44.3. The summed E-state index contributed by atoms with van der Waals surface area (Å²) in [6.07, 6.45) is 5.74. The highest BCUT2D eigenvalue weighted by atomic mass is 16.4. The highest BCUT2D eigenvalue weighted by Gasteiger charge is 2.21. The molecule has 0 aromatic rings. The third-order valence-corrected chi connectivity index (χ3v) is 7.40. The zero-order valence-electron chi connectivity index (χ0n) is 28.2. The van der Waals surface area contributed by atoms with Crippen molar-refractivity contribution in [2.75, 3.05) is 98.2 Å². The number of aliphatic carboxylic acids is 3. The molecule has 0 rings (SSSR count). The van der Waals surface area contributed by atoms with Crippen molar-refractivity contribution < 1.29 is 39.3 Å². The van der Waals surface area contributed by atoms with Gasteiger partial charge in [0, 0.05) is 45.4 Å². The number of unbranched alkanes of at least 4 members (excludes halogenated alkanes) is 2. The molecule has 0 saturated heterocycles. The van der Waals surface area contributed by atoms with E-state index in [1.807, 2.05) is 0 Å². The Morgan fingerprint density at radius 2 is 1.04 bits per heavy atom.